The first-order valence-corrected chi connectivity index (χ1v) is 5.99. The highest BCUT2D eigenvalue weighted by atomic mass is 16.5. The zero-order chi connectivity index (χ0) is 13.0. The van der Waals surface area contributed by atoms with Crippen LogP contribution in [0.4, 0.5) is 0 Å². The molecule has 2 heterocycles. The van der Waals surface area contributed by atoms with E-state index in [0.29, 0.717) is 29.3 Å². The Balaban J connectivity index is 2.06. The Morgan fingerprint density at radius 1 is 1.39 bits per heavy atom. The molecule has 0 spiro atoms. The van der Waals surface area contributed by atoms with E-state index in [1.807, 2.05) is 14.0 Å². The molecule has 0 radical (unpaired) electrons. The minimum atomic E-state index is 0.432. The van der Waals surface area contributed by atoms with E-state index in [1.165, 1.54) is 0 Å². The molecular formula is C12H17N5O. The van der Waals surface area contributed by atoms with Gasteiger partial charge in [0.25, 0.3) is 0 Å². The summed E-state index contributed by atoms with van der Waals surface area (Å²) in [6.45, 7) is 3.95. The fourth-order valence-electron chi connectivity index (χ4n) is 1.53. The van der Waals surface area contributed by atoms with Crippen molar-refractivity contribution in [2.24, 2.45) is 0 Å². The standard InChI is InChI=1S/C12H17N5O/c1-8(13-3)4-5-11-16-12(17-18-11)10-6-7-14-9(2)15-10/h6-8,13H,4-5H2,1-3H3. The van der Waals surface area contributed by atoms with Crippen LogP contribution < -0.4 is 5.32 Å². The minimum Gasteiger partial charge on any atom is -0.339 e. The molecule has 0 aliphatic carbocycles. The van der Waals surface area contributed by atoms with Gasteiger partial charge in [0, 0.05) is 18.7 Å². The fraction of sp³-hybridized carbons (Fsp3) is 0.500. The number of aryl methyl sites for hydroxylation is 2. The molecule has 2 rings (SSSR count). The molecular weight excluding hydrogens is 230 g/mol. The minimum absolute atomic E-state index is 0.432. The Labute approximate surface area is 106 Å². The summed E-state index contributed by atoms with van der Waals surface area (Å²) >= 11 is 0. The van der Waals surface area contributed by atoms with E-state index >= 15 is 0 Å². The van der Waals surface area contributed by atoms with Gasteiger partial charge >= 0.3 is 0 Å². The third-order valence-corrected chi connectivity index (χ3v) is 2.76. The molecule has 0 aromatic carbocycles. The van der Waals surface area contributed by atoms with Crippen molar-refractivity contribution in [3.05, 3.63) is 24.0 Å². The molecule has 96 valence electrons. The summed E-state index contributed by atoms with van der Waals surface area (Å²) in [6.07, 6.45) is 3.41. The highest BCUT2D eigenvalue weighted by molar-refractivity contribution is 5.46. The average molecular weight is 247 g/mol. The van der Waals surface area contributed by atoms with Crippen LogP contribution in [0.2, 0.25) is 0 Å². The van der Waals surface area contributed by atoms with Crippen molar-refractivity contribution in [2.45, 2.75) is 32.7 Å². The smallest absolute Gasteiger partial charge is 0.227 e. The first kappa shape index (κ1) is 12.6. The zero-order valence-corrected chi connectivity index (χ0v) is 10.8. The van der Waals surface area contributed by atoms with Gasteiger partial charge < -0.3 is 9.84 Å². The molecule has 1 N–H and O–H groups in total. The SMILES string of the molecule is CNC(C)CCc1nc(-c2ccnc(C)n2)no1. The fourth-order valence-corrected chi connectivity index (χ4v) is 1.53. The molecule has 6 nitrogen and oxygen atoms in total. The lowest BCUT2D eigenvalue weighted by Crippen LogP contribution is -2.21. The van der Waals surface area contributed by atoms with Crippen molar-refractivity contribution in [1.29, 1.82) is 0 Å². The molecule has 6 heteroatoms. The van der Waals surface area contributed by atoms with Gasteiger partial charge in [0.05, 0.1) is 0 Å². The summed E-state index contributed by atoms with van der Waals surface area (Å²) in [5.41, 5.74) is 0.694. The van der Waals surface area contributed by atoms with Crippen molar-refractivity contribution < 1.29 is 4.52 Å². The van der Waals surface area contributed by atoms with E-state index in [9.17, 15) is 0 Å². The first-order chi connectivity index (χ1) is 8.69. The molecule has 1 atom stereocenters. The van der Waals surface area contributed by atoms with Gasteiger partial charge in [-0.15, -0.1) is 0 Å². The van der Waals surface area contributed by atoms with E-state index in [2.05, 4.69) is 32.3 Å². The van der Waals surface area contributed by atoms with Crippen LogP contribution in [0.1, 0.15) is 25.1 Å². The van der Waals surface area contributed by atoms with E-state index in [1.54, 1.807) is 12.3 Å². The Bertz CT molecular complexity index is 511. The van der Waals surface area contributed by atoms with Crippen molar-refractivity contribution >= 4 is 0 Å². The van der Waals surface area contributed by atoms with E-state index in [-0.39, 0.29) is 0 Å². The van der Waals surface area contributed by atoms with Crippen molar-refractivity contribution in [3.63, 3.8) is 0 Å². The largest absolute Gasteiger partial charge is 0.339 e. The monoisotopic (exact) mass is 247 g/mol. The summed E-state index contributed by atoms with van der Waals surface area (Å²) in [6, 6.07) is 2.21. The second-order valence-electron chi connectivity index (χ2n) is 4.23. The second-order valence-corrected chi connectivity index (χ2v) is 4.23. The first-order valence-electron chi connectivity index (χ1n) is 5.99. The number of hydrogen-bond acceptors (Lipinski definition) is 6. The van der Waals surface area contributed by atoms with Crippen LogP contribution in [0.15, 0.2) is 16.8 Å². The number of aromatic nitrogens is 4. The van der Waals surface area contributed by atoms with Crippen molar-refractivity contribution in [3.8, 4) is 11.5 Å². The van der Waals surface area contributed by atoms with E-state index < -0.39 is 0 Å². The highest BCUT2D eigenvalue weighted by Gasteiger charge is 2.10. The van der Waals surface area contributed by atoms with Gasteiger partial charge in [0.2, 0.25) is 11.7 Å². The van der Waals surface area contributed by atoms with Gasteiger partial charge in [-0.3, -0.25) is 0 Å². The lowest BCUT2D eigenvalue weighted by Gasteiger charge is -2.06. The maximum atomic E-state index is 5.20. The Morgan fingerprint density at radius 2 is 2.22 bits per heavy atom. The van der Waals surface area contributed by atoms with Crippen LogP contribution in [0.3, 0.4) is 0 Å². The maximum absolute atomic E-state index is 5.20. The van der Waals surface area contributed by atoms with Gasteiger partial charge in [-0.25, -0.2) is 9.97 Å². The van der Waals surface area contributed by atoms with Gasteiger partial charge in [-0.1, -0.05) is 5.16 Å². The molecule has 2 aromatic rings. The van der Waals surface area contributed by atoms with Gasteiger partial charge in [0.15, 0.2) is 0 Å². The van der Waals surface area contributed by atoms with Crippen molar-refractivity contribution in [2.75, 3.05) is 7.05 Å². The van der Waals surface area contributed by atoms with Gasteiger partial charge in [-0.2, -0.15) is 4.98 Å². The van der Waals surface area contributed by atoms with Crippen LogP contribution >= 0.6 is 0 Å². The lowest BCUT2D eigenvalue weighted by molar-refractivity contribution is 0.369. The number of rotatable bonds is 5. The molecule has 0 aliphatic heterocycles. The van der Waals surface area contributed by atoms with E-state index in [0.717, 1.165) is 12.8 Å². The summed E-state index contributed by atoms with van der Waals surface area (Å²) in [7, 11) is 1.94. The zero-order valence-electron chi connectivity index (χ0n) is 10.8. The average Bonchev–Trinajstić information content (AvgIpc) is 2.84. The maximum Gasteiger partial charge on any atom is 0.227 e. The number of nitrogens with one attached hydrogen (secondary N) is 1. The summed E-state index contributed by atoms with van der Waals surface area (Å²) in [5, 5.41) is 7.11. The quantitative estimate of drug-likeness (QED) is 0.860. The number of nitrogens with zero attached hydrogens (tertiary/aromatic N) is 4. The van der Waals surface area contributed by atoms with Crippen LogP contribution in [0, 0.1) is 6.92 Å². The summed E-state index contributed by atoms with van der Waals surface area (Å²) in [5.74, 6) is 1.86. The third kappa shape index (κ3) is 3.10. The predicted molar refractivity (Wildman–Crippen MR) is 66.9 cm³/mol. The molecule has 0 fully saturated rings. The second kappa shape index (κ2) is 5.68. The highest BCUT2D eigenvalue weighted by Crippen LogP contribution is 2.13. The molecule has 0 amide bonds. The van der Waals surface area contributed by atoms with Crippen LogP contribution in [-0.4, -0.2) is 33.2 Å². The molecule has 0 saturated heterocycles. The van der Waals surface area contributed by atoms with Crippen molar-refractivity contribution in [1.82, 2.24) is 25.4 Å². The Kier molecular flexibility index (Phi) is 3.99. The lowest BCUT2D eigenvalue weighted by atomic mass is 10.2. The van der Waals surface area contributed by atoms with Crippen LogP contribution in [-0.2, 0) is 6.42 Å². The molecule has 1 unspecified atom stereocenters. The van der Waals surface area contributed by atoms with Crippen LogP contribution in [0.25, 0.3) is 11.5 Å². The third-order valence-electron chi connectivity index (χ3n) is 2.76. The molecule has 0 bridgehead atoms. The van der Waals surface area contributed by atoms with Gasteiger partial charge in [-0.05, 0) is 33.4 Å². The Morgan fingerprint density at radius 3 is 2.94 bits per heavy atom. The summed E-state index contributed by atoms with van der Waals surface area (Å²) < 4.78 is 5.20. The normalized spacial score (nSPS) is 12.6. The molecule has 0 saturated carbocycles. The van der Waals surface area contributed by atoms with Gasteiger partial charge in [0.1, 0.15) is 11.5 Å². The summed E-state index contributed by atoms with van der Waals surface area (Å²) in [4.78, 5) is 12.6. The molecule has 18 heavy (non-hydrogen) atoms. The predicted octanol–water partition coefficient (Wildman–Crippen LogP) is 1.38. The molecule has 0 aliphatic rings. The van der Waals surface area contributed by atoms with Crippen LogP contribution in [0.5, 0.6) is 0 Å². The Hall–Kier alpha value is -1.82. The topological polar surface area (TPSA) is 76.7 Å². The van der Waals surface area contributed by atoms with E-state index in [4.69, 9.17) is 4.52 Å². The molecule has 2 aromatic heterocycles. The number of hydrogen-bond donors (Lipinski definition) is 1.